The highest BCUT2D eigenvalue weighted by atomic mass is 16.5. The molecule has 2 aliphatic rings. The number of rotatable bonds is 4. The molecule has 0 bridgehead atoms. The second kappa shape index (κ2) is 5.73. The van der Waals surface area contributed by atoms with E-state index in [1.54, 1.807) is 32.2 Å². The third-order valence-electron chi connectivity index (χ3n) is 5.05. The first-order chi connectivity index (χ1) is 12.5. The molecule has 2 aromatic carbocycles. The zero-order chi connectivity index (χ0) is 18.5. The van der Waals surface area contributed by atoms with Crippen LogP contribution in [0.5, 0.6) is 17.2 Å². The minimum absolute atomic E-state index is 0.00984. The molecule has 0 radical (unpaired) electrons. The minimum atomic E-state index is -0.670. The molecular formula is C21H18O5. The van der Waals surface area contributed by atoms with Gasteiger partial charge in [0.2, 0.25) is 0 Å². The van der Waals surface area contributed by atoms with E-state index in [9.17, 15) is 9.59 Å². The summed E-state index contributed by atoms with van der Waals surface area (Å²) < 4.78 is 16.1. The lowest BCUT2D eigenvalue weighted by molar-refractivity contribution is -0.138. The fourth-order valence-corrected chi connectivity index (χ4v) is 3.53. The molecular weight excluding hydrogens is 332 g/mol. The summed E-state index contributed by atoms with van der Waals surface area (Å²) in [5, 5.41) is 0. The monoisotopic (exact) mass is 350 g/mol. The molecule has 2 aromatic rings. The van der Waals surface area contributed by atoms with Gasteiger partial charge in [0, 0.05) is 17.1 Å². The zero-order valence-electron chi connectivity index (χ0n) is 14.6. The molecule has 0 N–H and O–H groups in total. The Morgan fingerprint density at radius 2 is 1.88 bits per heavy atom. The van der Waals surface area contributed by atoms with Crippen molar-refractivity contribution in [2.75, 3.05) is 7.11 Å². The van der Waals surface area contributed by atoms with Gasteiger partial charge in [-0.25, -0.2) is 4.79 Å². The molecule has 1 saturated carbocycles. The SMILES string of the molecule is C=C(C)C(=O)Oc1ccc2c(c1)C1CC1(c1ccc(OC)cc1)C(=O)O2. The number of hydrogen-bond donors (Lipinski definition) is 0. The standard InChI is InChI=1S/C21H18O5/c1-12(2)19(22)25-15-8-9-18-16(10-15)17-11-21(17,20(23)26-18)13-4-6-14(24-3)7-5-13/h4-10,17H,1,11H2,2-3H3. The van der Waals surface area contributed by atoms with Gasteiger partial charge in [0.25, 0.3) is 0 Å². The van der Waals surface area contributed by atoms with Crippen molar-refractivity contribution < 1.29 is 23.8 Å². The predicted molar refractivity (Wildman–Crippen MR) is 94.6 cm³/mol. The predicted octanol–water partition coefficient (Wildman–Crippen LogP) is 3.52. The number of hydrogen-bond acceptors (Lipinski definition) is 5. The second-order valence-corrected chi connectivity index (χ2v) is 6.72. The third-order valence-corrected chi connectivity index (χ3v) is 5.05. The Labute approximate surface area is 151 Å². The highest BCUT2D eigenvalue weighted by Gasteiger charge is 2.66. The molecule has 5 nitrogen and oxygen atoms in total. The quantitative estimate of drug-likeness (QED) is 0.480. The van der Waals surface area contributed by atoms with Crippen LogP contribution >= 0.6 is 0 Å². The van der Waals surface area contributed by atoms with E-state index in [0.29, 0.717) is 23.5 Å². The lowest BCUT2D eigenvalue weighted by Crippen LogP contribution is -2.31. The van der Waals surface area contributed by atoms with Crippen LogP contribution in [0.3, 0.4) is 0 Å². The van der Waals surface area contributed by atoms with Crippen LogP contribution in [0.1, 0.15) is 30.4 Å². The summed E-state index contributed by atoms with van der Waals surface area (Å²) in [6.07, 6.45) is 0.670. The van der Waals surface area contributed by atoms with Gasteiger partial charge in [-0.15, -0.1) is 0 Å². The van der Waals surface area contributed by atoms with Crippen molar-refractivity contribution in [3.05, 3.63) is 65.7 Å². The maximum atomic E-state index is 12.7. The largest absolute Gasteiger partial charge is 0.497 e. The Kier molecular flexibility index (Phi) is 3.61. The van der Waals surface area contributed by atoms with Crippen molar-refractivity contribution in [2.45, 2.75) is 24.7 Å². The second-order valence-electron chi connectivity index (χ2n) is 6.72. The van der Waals surface area contributed by atoms with Gasteiger partial charge in [0.05, 0.1) is 7.11 Å². The van der Waals surface area contributed by atoms with Gasteiger partial charge in [-0.05, 0) is 49.2 Å². The highest BCUT2D eigenvalue weighted by molar-refractivity contribution is 5.94. The van der Waals surface area contributed by atoms with Crippen molar-refractivity contribution in [3.63, 3.8) is 0 Å². The van der Waals surface area contributed by atoms with Crippen molar-refractivity contribution in [3.8, 4) is 17.2 Å². The smallest absolute Gasteiger partial charge is 0.338 e. The first-order valence-electron chi connectivity index (χ1n) is 8.34. The summed E-state index contributed by atoms with van der Waals surface area (Å²) in [7, 11) is 1.60. The van der Waals surface area contributed by atoms with Crippen LogP contribution in [0.15, 0.2) is 54.6 Å². The fourth-order valence-electron chi connectivity index (χ4n) is 3.53. The van der Waals surface area contributed by atoms with Gasteiger partial charge < -0.3 is 14.2 Å². The summed E-state index contributed by atoms with van der Waals surface area (Å²) in [6.45, 7) is 5.18. The average molecular weight is 350 g/mol. The van der Waals surface area contributed by atoms with Crippen molar-refractivity contribution >= 4 is 11.9 Å². The van der Waals surface area contributed by atoms with E-state index in [0.717, 1.165) is 16.9 Å². The number of esters is 2. The van der Waals surface area contributed by atoms with Crippen molar-refractivity contribution in [2.24, 2.45) is 0 Å². The van der Waals surface area contributed by atoms with Gasteiger partial charge in [-0.3, -0.25) is 4.79 Å². The Morgan fingerprint density at radius 3 is 2.54 bits per heavy atom. The van der Waals surface area contributed by atoms with Crippen molar-refractivity contribution in [1.29, 1.82) is 0 Å². The molecule has 0 amide bonds. The van der Waals surface area contributed by atoms with Gasteiger partial charge in [-0.1, -0.05) is 18.7 Å². The Balaban J connectivity index is 1.67. The summed E-state index contributed by atoms with van der Waals surface area (Å²) >= 11 is 0. The van der Waals surface area contributed by atoms with Crippen LogP contribution < -0.4 is 14.2 Å². The zero-order valence-corrected chi connectivity index (χ0v) is 14.6. The summed E-state index contributed by atoms with van der Waals surface area (Å²) in [6, 6.07) is 12.5. The molecule has 0 spiro atoms. The van der Waals surface area contributed by atoms with Gasteiger partial charge in [0.1, 0.15) is 22.7 Å². The molecule has 1 aliphatic heterocycles. The highest BCUT2D eigenvalue weighted by Crippen LogP contribution is 2.65. The molecule has 4 rings (SSSR count). The molecule has 0 saturated heterocycles. The summed E-state index contributed by atoms with van der Waals surface area (Å²) in [5.74, 6) is 0.973. The lowest BCUT2D eigenvalue weighted by Gasteiger charge is -2.24. The van der Waals surface area contributed by atoms with E-state index in [-0.39, 0.29) is 11.9 Å². The number of fused-ring (bicyclic) bond motifs is 3. The van der Waals surface area contributed by atoms with Crippen LogP contribution in [0.4, 0.5) is 0 Å². The van der Waals surface area contributed by atoms with E-state index in [2.05, 4.69) is 6.58 Å². The molecule has 1 aliphatic carbocycles. The number of carbonyl (C=O) groups is 2. The summed E-state index contributed by atoms with van der Waals surface area (Å²) in [4.78, 5) is 24.4. The maximum Gasteiger partial charge on any atom is 0.338 e. The summed E-state index contributed by atoms with van der Waals surface area (Å²) in [5.41, 5.74) is 1.44. The molecule has 2 unspecified atom stereocenters. The normalized spacial score (nSPS) is 22.5. The number of methoxy groups -OCH3 is 1. The van der Waals surface area contributed by atoms with E-state index in [1.165, 1.54) is 0 Å². The Morgan fingerprint density at radius 1 is 1.19 bits per heavy atom. The molecule has 5 heteroatoms. The van der Waals surface area contributed by atoms with Crippen LogP contribution in [-0.2, 0) is 15.0 Å². The topological polar surface area (TPSA) is 61.8 Å². The molecule has 0 aromatic heterocycles. The van der Waals surface area contributed by atoms with Crippen LogP contribution in [0, 0.1) is 0 Å². The maximum absolute atomic E-state index is 12.7. The first-order valence-corrected chi connectivity index (χ1v) is 8.34. The van der Waals surface area contributed by atoms with Crippen LogP contribution in [0.25, 0.3) is 0 Å². The third kappa shape index (κ3) is 2.39. The number of carbonyl (C=O) groups excluding carboxylic acids is 2. The molecule has 1 fully saturated rings. The number of ether oxygens (including phenoxy) is 3. The molecule has 1 heterocycles. The minimum Gasteiger partial charge on any atom is -0.497 e. The van der Waals surface area contributed by atoms with E-state index in [1.807, 2.05) is 24.3 Å². The Hall–Kier alpha value is -3.08. The lowest BCUT2D eigenvalue weighted by atomic mass is 9.88. The van der Waals surface area contributed by atoms with Crippen molar-refractivity contribution in [1.82, 2.24) is 0 Å². The van der Waals surface area contributed by atoms with E-state index >= 15 is 0 Å². The first kappa shape index (κ1) is 16.4. The van der Waals surface area contributed by atoms with E-state index < -0.39 is 11.4 Å². The van der Waals surface area contributed by atoms with Gasteiger partial charge >= 0.3 is 11.9 Å². The van der Waals surface area contributed by atoms with E-state index in [4.69, 9.17) is 14.2 Å². The van der Waals surface area contributed by atoms with Crippen LogP contribution in [-0.4, -0.2) is 19.0 Å². The van der Waals surface area contributed by atoms with Crippen LogP contribution in [0.2, 0.25) is 0 Å². The fraction of sp³-hybridized carbons (Fsp3) is 0.238. The molecule has 2 atom stereocenters. The average Bonchev–Trinajstić information content (AvgIpc) is 3.40. The Bertz CT molecular complexity index is 928. The van der Waals surface area contributed by atoms with Gasteiger partial charge in [0.15, 0.2) is 0 Å². The number of benzene rings is 2. The van der Waals surface area contributed by atoms with Gasteiger partial charge in [-0.2, -0.15) is 0 Å². The molecule has 26 heavy (non-hydrogen) atoms. The molecule has 132 valence electrons.